The summed E-state index contributed by atoms with van der Waals surface area (Å²) in [7, 11) is 0. The molecule has 0 spiro atoms. The first-order chi connectivity index (χ1) is 13.6. The Hall–Kier alpha value is -3.20. The average molecular weight is 371 g/mol. The molecule has 0 saturated heterocycles. The van der Waals surface area contributed by atoms with E-state index in [4.69, 9.17) is 5.73 Å². The quantitative estimate of drug-likeness (QED) is 0.333. The van der Waals surface area contributed by atoms with Crippen molar-refractivity contribution in [2.24, 2.45) is 5.92 Å². The van der Waals surface area contributed by atoms with Crippen LogP contribution in [0.25, 0.3) is 11.1 Å². The van der Waals surface area contributed by atoms with Gasteiger partial charge in [-0.2, -0.15) is 0 Å². The Bertz CT molecular complexity index is 946. The lowest BCUT2D eigenvalue weighted by Gasteiger charge is -2.12. The van der Waals surface area contributed by atoms with Crippen LogP contribution in [0.4, 0.5) is 5.69 Å². The zero-order chi connectivity index (χ0) is 19.9. The Morgan fingerprint density at radius 1 is 0.964 bits per heavy atom. The summed E-state index contributed by atoms with van der Waals surface area (Å²) >= 11 is 0. The number of nitrogen functional groups attached to an aromatic ring is 1. The maximum atomic E-state index is 12.8. The molecule has 3 aromatic rings. The van der Waals surface area contributed by atoms with Gasteiger partial charge in [0.15, 0.2) is 5.78 Å². The molecule has 0 fully saturated rings. The number of Topliss-reactive ketones (excluding diaryl/α,β-unsaturated/α-hetero) is 1. The van der Waals surface area contributed by atoms with Crippen molar-refractivity contribution in [3.05, 3.63) is 89.5 Å². The third kappa shape index (κ3) is 4.95. The molecule has 0 aliphatic heterocycles. The van der Waals surface area contributed by atoms with Gasteiger partial charge in [-0.15, -0.1) is 0 Å². The van der Waals surface area contributed by atoms with E-state index in [-0.39, 0.29) is 18.1 Å². The maximum absolute atomic E-state index is 12.8. The second-order valence-corrected chi connectivity index (χ2v) is 7.20. The van der Waals surface area contributed by atoms with Crippen LogP contribution in [0.15, 0.2) is 72.8 Å². The predicted octanol–water partition coefficient (Wildman–Crippen LogP) is 5.26. The lowest BCUT2D eigenvalue weighted by Crippen LogP contribution is -2.12. The molecule has 0 bridgehead atoms. The minimum Gasteiger partial charge on any atom is -0.399 e. The van der Waals surface area contributed by atoms with Crippen LogP contribution in [-0.2, 0) is 11.2 Å². The smallest absolute Gasteiger partial charge is 0.163 e. The van der Waals surface area contributed by atoms with Crippen molar-refractivity contribution in [3.63, 3.8) is 0 Å². The van der Waals surface area contributed by atoms with Crippen LogP contribution in [0.1, 0.15) is 34.3 Å². The molecule has 0 aliphatic rings. The number of ketones is 1. The van der Waals surface area contributed by atoms with Crippen molar-refractivity contribution < 1.29 is 9.59 Å². The highest BCUT2D eigenvalue weighted by molar-refractivity contribution is 5.99. The summed E-state index contributed by atoms with van der Waals surface area (Å²) in [4.78, 5) is 24.2. The molecule has 0 saturated carbocycles. The van der Waals surface area contributed by atoms with Crippen LogP contribution in [0, 0.1) is 12.8 Å². The van der Waals surface area contributed by atoms with Crippen LogP contribution in [0.2, 0.25) is 0 Å². The van der Waals surface area contributed by atoms with Crippen molar-refractivity contribution in [2.45, 2.75) is 26.2 Å². The van der Waals surface area contributed by atoms with E-state index in [1.165, 1.54) is 5.56 Å². The Kier molecular flexibility index (Phi) is 6.38. The van der Waals surface area contributed by atoms with Gasteiger partial charge in [-0.3, -0.25) is 4.79 Å². The fourth-order valence-electron chi connectivity index (χ4n) is 3.39. The number of carbonyl (C=O) groups is 2. The Morgan fingerprint density at radius 2 is 1.64 bits per heavy atom. The van der Waals surface area contributed by atoms with Gasteiger partial charge < -0.3 is 10.5 Å². The molecule has 1 unspecified atom stereocenters. The number of anilines is 1. The van der Waals surface area contributed by atoms with Gasteiger partial charge in [-0.05, 0) is 54.2 Å². The van der Waals surface area contributed by atoms with Gasteiger partial charge in [0.05, 0.1) is 0 Å². The molecule has 28 heavy (non-hydrogen) atoms. The van der Waals surface area contributed by atoms with E-state index in [0.29, 0.717) is 12.0 Å². The molecule has 2 N–H and O–H groups in total. The number of rotatable bonds is 8. The first-order valence-electron chi connectivity index (χ1n) is 9.56. The van der Waals surface area contributed by atoms with E-state index >= 15 is 0 Å². The van der Waals surface area contributed by atoms with E-state index in [1.807, 2.05) is 79.7 Å². The van der Waals surface area contributed by atoms with Gasteiger partial charge in [0.25, 0.3) is 0 Å². The SMILES string of the molecule is Cc1cc(-c2ccc(N)cc2)ccc1C(=O)CC(C=O)CCc1ccccc1. The fourth-order valence-corrected chi connectivity index (χ4v) is 3.39. The van der Waals surface area contributed by atoms with Gasteiger partial charge in [0.1, 0.15) is 6.29 Å². The standard InChI is InChI=1S/C25H25NO2/c1-18-15-22(21-9-12-23(26)13-10-21)11-14-24(18)25(28)16-20(17-27)8-7-19-5-3-2-4-6-19/h2-6,9-15,17,20H,7-8,16,26H2,1H3. The number of nitrogens with two attached hydrogens (primary N) is 1. The molecular formula is C25H25NO2. The van der Waals surface area contributed by atoms with E-state index < -0.39 is 0 Å². The third-order valence-corrected chi connectivity index (χ3v) is 5.06. The van der Waals surface area contributed by atoms with Crippen LogP contribution in [-0.4, -0.2) is 12.1 Å². The van der Waals surface area contributed by atoms with E-state index in [0.717, 1.165) is 35.1 Å². The second kappa shape index (κ2) is 9.14. The fraction of sp³-hybridized carbons (Fsp3) is 0.200. The minimum absolute atomic E-state index is 0.0199. The summed E-state index contributed by atoms with van der Waals surface area (Å²) in [6.45, 7) is 1.94. The van der Waals surface area contributed by atoms with Crippen LogP contribution in [0.5, 0.6) is 0 Å². The molecular weight excluding hydrogens is 346 g/mol. The van der Waals surface area contributed by atoms with E-state index in [1.54, 1.807) is 0 Å². The topological polar surface area (TPSA) is 60.2 Å². The number of hydrogen-bond acceptors (Lipinski definition) is 3. The zero-order valence-electron chi connectivity index (χ0n) is 16.1. The van der Waals surface area contributed by atoms with Crippen molar-refractivity contribution >= 4 is 17.8 Å². The number of aldehydes is 1. The number of benzene rings is 3. The maximum Gasteiger partial charge on any atom is 0.163 e. The highest BCUT2D eigenvalue weighted by Crippen LogP contribution is 2.25. The van der Waals surface area contributed by atoms with E-state index in [9.17, 15) is 9.59 Å². The third-order valence-electron chi connectivity index (χ3n) is 5.06. The van der Waals surface area contributed by atoms with Gasteiger partial charge in [0.2, 0.25) is 0 Å². The van der Waals surface area contributed by atoms with Crippen LogP contribution >= 0.6 is 0 Å². The predicted molar refractivity (Wildman–Crippen MR) is 114 cm³/mol. The molecule has 3 nitrogen and oxygen atoms in total. The Balaban J connectivity index is 1.67. The Labute approximate surface area is 166 Å². The molecule has 0 heterocycles. The highest BCUT2D eigenvalue weighted by atomic mass is 16.1. The summed E-state index contributed by atoms with van der Waals surface area (Å²) in [5, 5.41) is 0. The molecule has 142 valence electrons. The summed E-state index contributed by atoms with van der Waals surface area (Å²) < 4.78 is 0. The first kappa shape index (κ1) is 19.6. The summed E-state index contributed by atoms with van der Waals surface area (Å²) in [5.74, 6) is -0.240. The number of aryl methyl sites for hydroxylation is 2. The molecule has 0 aromatic heterocycles. The monoisotopic (exact) mass is 371 g/mol. The lowest BCUT2D eigenvalue weighted by molar-refractivity contribution is -0.111. The summed E-state index contributed by atoms with van der Waals surface area (Å²) in [6.07, 6.45) is 2.64. The van der Waals surface area contributed by atoms with Crippen molar-refractivity contribution in [1.82, 2.24) is 0 Å². The largest absolute Gasteiger partial charge is 0.399 e. The zero-order valence-corrected chi connectivity index (χ0v) is 16.1. The summed E-state index contributed by atoms with van der Waals surface area (Å²) in [6, 6.07) is 23.5. The van der Waals surface area contributed by atoms with Crippen LogP contribution < -0.4 is 5.73 Å². The average Bonchev–Trinajstić information content (AvgIpc) is 2.72. The molecule has 3 heteroatoms. The van der Waals surface area contributed by atoms with Gasteiger partial charge in [0, 0.05) is 23.6 Å². The number of hydrogen-bond donors (Lipinski definition) is 1. The minimum atomic E-state index is -0.260. The summed E-state index contributed by atoms with van der Waals surface area (Å²) in [5.41, 5.74) is 11.4. The molecule has 3 rings (SSSR count). The lowest BCUT2D eigenvalue weighted by atomic mass is 9.91. The van der Waals surface area contributed by atoms with Gasteiger partial charge in [-0.1, -0.05) is 60.7 Å². The molecule has 1 atom stereocenters. The normalized spacial score (nSPS) is 11.8. The van der Waals surface area contributed by atoms with Crippen molar-refractivity contribution in [2.75, 3.05) is 5.73 Å². The highest BCUT2D eigenvalue weighted by Gasteiger charge is 2.17. The van der Waals surface area contributed by atoms with Gasteiger partial charge in [-0.25, -0.2) is 0 Å². The van der Waals surface area contributed by atoms with Gasteiger partial charge >= 0.3 is 0 Å². The van der Waals surface area contributed by atoms with Crippen LogP contribution in [0.3, 0.4) is 0 Å². The van der Waals surface area contributed by atoms with Crippen molar-refractivity contribution in [3.8, 4) is 11.1 Å². The molecule has 3 aromatic carbocycles. The second-order valence-electron chi connectivity index (χ2n) is 7.20. The molecule has 0 aliphatic carbocycles. The number of carbonyl (C=O) groups excluding carboxylic acids is 2. The Morgan fingerprint density at radius 3 is 2.29 bits per heavy atom. The first-order valence-corrected chi connectivity index (χ1v) is 9.56. The molecule has 0 radical (unpaired) electrons. The van der Waals surface area contributed by atoms with Crippen molar-refractivity contribution in [1.29, 1.82) is 0 Å². The molecule has 0 amide bonds. The van der Waals surface area contributed by atoms with E-state index in [2.05, 4.69) is 0 Å².